The lowest BCUT2D eigenvalue weighted by Crippen LogP contribution is -2.16. The maximum atomic E-state index is 13.4. The molecule has 0 saturated carbocycles. The van der Waals surface area contributed by atoms with Gasteiger partial charge in [-0.15, -0.1) is 11.8 Å². The fourth-order valence-electron chi connectivity index (χ4n) is 2.88. The van der Waals surface area contributed by atoms with Gasteiger partial charge in [-0.25, -0.2) is 13.1 Å². The molecule has 32 heavy (non-hydrogen) atoms. The van der Waals surface area contributed by atoms with Gasteiger partial charge in [0.25, 0.3) is 0 Å². The fraction of sp³-hybridized carbons (Fsp3) is 0.263. The molecule has 0 unspecified atom stereocenters. The summed E-state index contributed by atoms with van der Waals surface area (Å²) in [7, 11) is -3.45. The largest absolute Gasteiger partial charge is 0.453 e. The first-order valence-electron chi connectivity index (χ1n) is 8.89. The molecule has 0 atom stereocenters. The molecular weight excluding hydrogens is 491 g/mol. The van der Waals surface area contributed by atoms with Crippen LogP contribution in [0.4, 0.5) is 13.2 Å². The molecule has 0 bridgehead atoms. The van der Waals surface area contributed by atoms with Gasteiger partial charge >= 0.3 is 12.1 Å². The normalized spacial score (nSPS) is 12.2. The van der Waals surface area contributed by atoms with Gasteiger partial charge in [0.15, 0.2) is 15.5 Å². The number of benzene rings is 1. The molecule has 2 heterocycles. The molecule has 0 amide bonds. The highest BCUT2D eigenvalue weighted by Crippen LogP contribution is 2.40. The molecule has 1 N–H and O–H groups in total. The van der Waals surface area contributed by atoms with Crippen molar-refractivity contribution in [2.45, 2.75) is 17.6 Å². The zero-order valence-electron chi connectivity index (χ0n) is 16.7. The number of esters is 1. The van der Waals surface area contributed by atoms with Crippen molar-refractivity contribution in [2.75, 3.05) is 18.5 Å². The molecule has 3 aromatic rings. The number of alkyl halides is 3. The van der Waals surface area contributed by atoms with E-state index in [2.05, 4.69) is 10.1 Å². The van der Waals surface area contributed by atoms with Crippen molar-refractivity contribution >= 4 is 39.2 Å². The van der Waals surface area contributed by atoms with Crippen LogP contribution >= 0.6 is 23.4 Å². The lowest BCUT2D eigenvalue weighted by Gasteiger charge is -2.07. The topological polar surface area (TPSA) is 94.1 Å². The number of carbonyl (C=O) groups excluding carboxylic acids is 1. The smallest absolute Gasteiger partial charge is 0.436 e. The number of nitrogens with zero attached hydrogens (tertiary/aromatic N) is 2. The summed E-state index contributed by atoms with van der Waals surface area (Å²) >= 11 is 7.25. The molecule has 0 aliphatic carbocycles. The van der Waals surface area contributed by atoms with Gasteiger partial charge in [0.05, 0.1) is 10.6 Å². The molecule has 0 radical (unpaired) electrons. The zero-order chi connectivity index (χ0) is 23.7. The second kappa shape index (κ2) is 9.20. The van der Waals surface area contributed by atoms with Crippen molar-refractivity contribution < 1.29 is 31.1 Å². The molecule has 0 aliphatic heterocycles. The minimum Gasteiger partial charge on any atom is -0.453 e. The summed E-state index contributed by atoms with van der Waals surface area (Å²) in [4.78, 5) is 15.0. The van der Waals surface area contributed by atoms with Crippen molar-refractivity contribution in [3.8, 4) is 22.6 Å². The molecule has 0 saturated heterocycles. The quantitative estimate of drug-likeness (QED) is 0.374. The fourth-order valence-corrected chi connectivity index (χ4v) is 4.14. The number of nitrogens with one attached hydrogen (secondary N) is 1. The molecule has 0 fully saturated rings. The van der Waals surface area contributed by atoms with Crippen LogP contribution in [0.2, 0.25) is 5.02 Å². The summed E-state index contributed by atoms with van der Waals surface area (Å²) in [5.74, 6) is -0.736. The Kier molecular flexibility index (Phi) is 6.96. The SMILES string of the molecule is CSCOC(=O)Cn1nc(C(F)(F)F)c(Cl)c1-c1ccc(-c2cccc(S(C)(=O)=O)c2)[nH]1. The third kappa shape index (κ3) is 5.30. The molecule has 1 aromatic carbocycles. The number of aromatic amines is 1. The summed E-state index contributed by atoms with van der Waals surface area (Å²) in [6.45, 7) is -0.580. The van der Waals surface area contributed by atoms with Gasteiger partial charge in [-0.3, -0.25) is 4.79 Å². The first-order valence-corrected chi connectivity index (χ1v) is 12.6. The van der Waals surface area contributed by atoms with Crippen molar-refractivity contribution in [1.82, 2.24) is 14.8 Å². The molecule has 0 spiro atoms. The maximum Gasteiger partial charge on any atom is 0.436 e. The first-order chi connectivity index (χ1) is 14.9. The van der Waals surface area contributed by atoms with E-state index >= 15 is 0 Å². The number of rotatable bonds is 7. The van der Waals surface area contributed by atoms with E-state index in [1.165, 1.54) is 30.0 Å². The summed E-state index contributed by atoms with van der Waals surface area (Å²) in [5, 5.41) is 2.81. The Morgan fingerprint density at radius 1 is 1.25 bits per heavy atom. The minimum absolute atomic E-state index is 0.0403. The summed E-state index contributed by atoms with van der Waals surface area (Å²) in [6, 6.07) is 9.09. The second-order valence-electron chi connectivity index (χ2n) is 6.68. The van der Waals surface area contributed by atoms with E-state index < -0.39 is 39.2 Å². The number of carbonyl (C=O) groups is 1. The van der Waals surface area contributed by atoms with Crippen LogP contribution in [0.15, 0.2) is 41.3 Å². The predicted octanol–water partition coefficient (Wildman–Crippen LogP) is 4.48. The predicted molar refractivity (Wildman–Crippen MR) is 115 cm³/mol. The van der Waals surface area contributed by atoms with Crippen LogP contribution in [0.3, 0.4) is 0 Å². The summed E-state index contributed by atoms with van der Waals surface area (Å²) in [5.41, 5.74) is -0.382. The van der Waals surface area contributed by atoms with Gasteiger partial charge in [-0.05, 0) is 36.1 Å². The van der Waals surface area contributed by atoms with Gasteiger partial charge in [0, 0.05) is 11.9 Å². The van der Waals surface area contributed by atoms with Gasteiger partial charge in [-0.2, -0.15) is 18.3 Å². The highest BCUT2D eigenvalue weighted by Gasteiger charge is 2.39. The number of sulfone groups is 1. The standard InChI is InChI=1S/C19H17ClF3N3O4S2/c1-31-10-30-15(27)9-26-17(16(20)18(25-26)19(21,22)23)14-7-6-13(24-14)11-4-3-5-12(8-11)32(2,28)29/h3-8,24H,9-10H2,1-2H3. The monoisotopic (exact) mass is 507 g/mol. The van der Waals surface area contributed by atoms with Crippen molar-refractivity contribution in [1.29, 1.82) is 0 Å². The van der Waals surface area contributed by atoms with Gasteiger partial charge in [0.1, 0.15) is 23.2 Å². The van der Waals surface area contributed by atoms with Crippen LogP contribution in [-0.4, -0.2) is 47.6 Å². The van der Waals surface area contributed by atoms with Gasteiger partial charge in [0.2, 0.25) is 0 Å². The lowest BCUT2D eigenvalue weighted by atomic mass is 10.2. The molecule has 13 heteroatoms. The average Bonchev–Trinajstić information content (AvgIpc) is 3.30. The number of halogens is 4. The van der Waals surface area contributed by atoms with E-state index in [1.807, 2.05) is 0 Å². The van der Waals surface area contributed by atoms with E-state index in [0.29, 0.717) is 11.3 Å². The van der Waals surface area contributed by atoms with Crippen LogP contribution in [0.5, 0.6) is 0 Å². The van der Waals surface area contributed by atoms with Crippen LogP contribution in [0.1, 0.15) is 5.69 Å². The Labute approximate surface area is 190 Å². The van der Waals surface area contributed by atoms with Crippen LogP contribution in [0, 0.1) is 0 Å². The van der Waals surface area contributed by atoms with E-state index in [1.54, 1.807) is 24.5 Å². The van der Waals surface area contributed by atoms with Crippen molar-refractivity contribution in [3.05, 3.63) is 47.1 Å². The molecule has 3 rings (SSSR count). The summed E-state index contributed by atoms with van der Waals surface area (Å²) < 4.78 is 69.5. The number of ether oxygens (including phenoxy) is 1. The number of H-pyrrole nitrogens is 1. The van der Waals surface area contributed by atoms with Gasteiger partial charge < -0.3 is 9.72 Å². The third-order valence-corrected chi connectivity index (χ3v) is 6.12. The molecule has 2 aromatic heterocycles. The van der Waals surface area contributed by atoms with Crippen LogP contribution in [0.25, 0.3) is 22.6 Å². The Hall–Kier alpha value is -2.44. The molecule has 7 nitrogen and oxygen atoms in total. The average molecular weight is 508 g/mol. The number of hydrogen-bond donors (Lipinski definition) is 1. The highest BCUT2D eigenvalue weighted by atomic mass is 35.5. The maximum absolute atomic E-state index is 13.4. The van der Waals surface area contributed by atoms with E-state index in [-0.39, 0.29) is 22.2 Å². The van der Waals surface area contributed by atoms with E-state index in [9.17, 15) is 26.4 Å². The minimum atomic E-state index is -4.83. The Morgan fingerprint density at radius 2 is 1.94 bits per heavy atom. The number of aromatic nitrogens is 3. The molecule has 0 aliphatic rings. The Balaban J connectivity index is 2.05. The first kappa shape index (κ1) is 24.2. The Bertz CT molecular complexity index is 1250. The summed E-state index contributed by atoms with van der Waals surface area (Å²) in [6.07, 6.45) is -2.07. The van der Waals surface area contributed by atoms with Crippen LogP contribution in [-0.2, 0) is 32.1 Å². The molecular formula is C19H17ClF3N3O4S2. The number of thioether (sulfide) groups is 1. The van der Waals surface area contributed by atoms with Crippen LogP contribution < -0.4 is 0 Å². The molecule has 172 valence electrons. The highest BCUT2D eigenvalue weighted by molar-refractivity contribution is 7.98. The zero-order valence-corrected chi connectivity index (χ0v) is 19.1. The third-order valence-electron chi connectivity index (χ3n) is 4.29. The van der Waals surface area contributed by atoms with E-state index in [0.717, 1.165) is 10.9 Å². The Morgan fingerprint density at radius 3 is 2.56 bits per heavy atom. The van der Waals surface area contributed by atoms with Gasteiger partial charge in [-0.1, -0.05) is 23.7 Å². The van der Waals surface area contributed by atoms with Crippen molar-refractivity contribution in [3.63, 3.8) is 0 Å². The second-order valence-corrected chi connectivity index (χ2v) is 9.88. The number of hydrogen-bond acceptors (Lipinski definition) is 6. The lowest BCUT2D eigenvalue weighted by molar-refractivity contribution is -0.144. The van der Waals surface area contributed by atoms with E-state index in [4.69, 9.17) is 16.3 Å². The van der Waals surface area contributed by atoms with Crippen molar-refractivity contribution in [2.24, 2.45) is 0 Å².